The molecule has 0 aliphatic heterocycles. The van der Waals surface area contributed by atoms with Crippen molar-refractivity contribution in [3.63, 3.8) is 0 Å². The summed E-state index contributed by atoms with van der Waals surface area (Å²) in [5.41, 5.74) is 0. The van der Waals surface area contributed by atoms with Crippen molar-refractivity contribution in [3.05, 3.63) is 28.7 Å². The van der Waals surface area contributed by atoms with E-state index in [1.165, 1.54) is 12.8 Å². The standard InChI is InChI=1S/C13H17BrO2/c14-11-6-3-7-12(8-11)16-9-13(15)10-4-1-2-5-10/h3,6-8,10,13,15H,1-2,4-5,9H2. The molecule has 1 atom stereocenters. The Labute approximate surface area is 105 Å². The predicted molar refractivity (Wildman–Crippen MR) is 67.6 cm³/mol. The van der Waals surface area contributed by atoms with Crippen LogP contribution in [-0.4, -0.2) is 17.8 Å². The molecule has 0 bridgehead atoms. The smallest absolute Gasteiger partial charge is 0.120 e. The van der Waals surface area contributed by atoms with Crippen LogP contribution in [0.3, 0.4) is 0 Å². The minimum absolute atomic E-state index is 0.318. The van der Waals surface area contributed by atoms with E-state index >= 15 is 0 Å². The number of aliphatic hydroxyl groups excluding tert-OH is 1. The maximum Gasteiger partial charge on any atom is 0.120 e. The van der Waals surface area contributed by atoms with Gasteiger partial charge in [0.15, 0.2) is 0 Å². The molecule has 0 amide bonds. The van der Waals surface area contributed by atoms with Gasteiger partial charge in [-0.3, -0.25) is 0 Å². The second kappa shape index (κ2) is 5.69. The van der Waals surface area contributed by atoms with E-state index in [0.717, 1.165) is 23.1 Å². The van der Waals surface area contributed by atoms with Gasteiger partial charge in [-0.1, -0.05) is 34.8 Å². The molecular formula is C13H17BrO2. The lowest BCUT2D eigenvalue weighted by Crippen LogP contribution is -2.25. The Balaban J connectivity index is 1.82. The minimum Gasteiger partial charge on any atom is -0.491 e. The van der Waals surface area contributed by atoms with Gasteiger partial charge >= 0.3 is 0 Å². The zero-order valence-corrected chi connectivity index (χ0v) is 10.8. The molecule has 3 heteroatoms. The van der Waals surface area contributed by atoms with Gasteiger partial charge in [0, 0.05) is 4.47 Å². The molecule has 1 aromatic rings. The molecule has 1 saturated carbocycles. The van der Waals surface area contributed by atoms with Crippen LogP contribution in [-0.2, 0) is 0 Å². The fraction of sp³-hybridized carbons (Fsp3) is 0.538. The van der Waals surface area contributed by atoms with E-state index in [4.69, 9.17) is 4.74 Å². The SMILES string of the molecule is OC(COc1cccc(Br)c1)C1CCCC1. The van der Waals surface area contributed by atoms with Gasteiger partial charge < -0.3 is 9.84 Å². The highest BCUT2D eigenvalue weighted by Gasteiger charge is 2.23. The molecule has 16 heavy (non-hydrogen) atoms. The molecule has 1 fully saturated rings. The summed E-state index contributed by atoms with van der Waals surface area (Å²) in [6.45, 7) is 0.404. The van der Waals surface area contributed by atoms with Crippen molar-refractivity contribution in [1.29, 1.82) is 0 Å². The summed E-state index contributed by atoms with van der Waals surface area (Å²) in [5.74, 6) is 1.25. The second-order valence-electron chi connectivity index (χ2n) is 4.38. The van der Waals surface area contributed by atoms with Gasteiger partial charge in [-0.2, -0.15) is 0 Å². The first-order valence-corrected chi connectivity index (χ1v) is 6.61. The lowest BCUT2D eigenvalue weighted by Gasteiger charge is -2.18. The molecule has 1 unspecified atom stereocenters. The minimum atomic E-state index is -0.318. The summed E-state index contributed by atoms with van der Waals surface area (Å²) >= 11 is 3.39. The summed E-state index contributed by atoms with van der Waals surface area (Å²) in [5, 5.41) is 9.94. The maximum atomic E-state index is 9.94. The highest BCUT2D eigenvalue weighted by molar-refractivity contribution is 9.10. The third kappa shape index (κ3) is 3.22. The van der Waals surface area contributed by atoms with Crippen molar-refractivity contribution < 1.29 is 9.84 Å². The van der Waals surface area contributed by atoms with Crippen molar-refractivity contribution in [2.24, 2.45) is 5.92 Å². The number of ether oxygens (including phenoxy) is 1. The molecule has 0 heterocycles. The van der Waals surface area contributed by atoms with Gasteiger partial charge in [-0.05, 0) is 37.0 Å². The van der Waals surface area contributed by atoms with Crippen molar-refractivity contribution in [2.75, 3.05) is 6.61 Å². The lowest BCUT2D eigenvalue weighted by molar-refractivity contribution is 0.0593. The largest absolute Gasteiger partial charge is 0.491 e. The first-order valence-electron chi connectivity index (χ1n) is 5.82. The van der Waals surface area contributed by atoms with Crippen molar-refractivity contribution in [1.82, 2.24) is 0 Å². The van der Waals surface area contributed by atoms with E-state index in [1.54, 1.807) is 0 Å². The Morgan fingerprint density at radius 2 is 2.12 bits per heavy atom. The quantitative estimate of drug-likeness (QED) is 0.919. The van der Waals surface area contributed by atoms with E-state index in [0.29, 0.717) is 12.5 Å². The molecule has 2 rings (SSSR count). The number of benzene rings is 1. The van der Waals surface area contributed by atoms with Crippen molar-refractivity contribution in [3.8, 4) is 5.75 Å². The molecule has 1 N–H and O–H groups in total. The van der Waals surface area contributed by atoms with Crippen LogP contribution in [0.25, 0.3) is 0 Å². The van der Waals surface area contributed by atoms with Crippen molar-refractivity contribution in [2.45, 2.75) is 31.8 Å². The number of rotatable bonds is 4. The summed E-state index contributed by atoms with van der Waals surface area (Å²) in [6.07, 6.45) is 4.46. The van der Waals surface area contributed by atoms with Crippen LogP contribution in [0.5, 0.6) is 5.75 Å². The molecule has 88 valence electrons. The second-order valence-corrected chi connectivity index (χ2v) is 5.30. The fourth-order valence-electron chi connectivity index (χ4n) is 2.22. The maximum absolute atomic E-state index is 9.94. The van der Waals surface area contributed by atoms with Gasteiger partial charge in [0.2, 0.25) is 0 Å². The van der Waals surface area contributed by atoms with E-state index in [1.807, 2.05) is 24.3 Å². The number of aliphatic hydroxyl groups is 1. The molecule has 1 aliphatic carbocycles. The Morgan fingerprint density at radius 1 is 1.38 bits per heavy atom. The van der Waals surface area contributed by atoms with Gasteiger partial charge in [-0.25, -0.2) is 0 Å². The third-order valence-corrected chi connectivity index (χ3v) is 3.65. The van der Waals surface area contributed by atoms with E-state index in [2.05, 4.69) is 15.9 Å². The van der Waals surface area contributed by atoms with Gasteiger partial charge in [0.25, 0.3) is 0 Å². The Bertz CT molecular complexity index is 334. The molecule has 1 aliphatic rings. The normalized spacial score (nSPS) is 18.6. The zero-order chi connectivity index (χ0) is 11.4. The molecular weight excluding hydrogens is 268 g/mol. The van der Waals surface area contributed by atoms with E-state index in [9.17, 15) is 5.11 Å². The molecule has 1 aromatic carbocycles. The molecule has 0 spiro atoms. The first kappa shape index (κ1) is 11.9. The van der Waals surface area contributed by atoms with Crippen LogP contribution in [0.1, 0.15) is 25.7 Å². The summed E-state index contributed by atoms with van der Waals surface area (Å²) < 4.78 is 6.58. The fourth-order valence-corrected chi connectivity index (χ4v) is 2.59. The summed E-state index contributed by atoms with van der Waals surface area (Å²) in [6, 6.07) is 7.72. The van der Waals surface area contributed by atoms with Gasteiger partial charge in [0.1, 0.15) is 12.4 Å². The van der Waals surface area contributed by atoms with Crippen LogP contribution in [0.4, 0.5) is 0 Å². The summed E-state index contributed by atoms with van der Waals surface area (Å²) in [7, 11) is 0. The average Bonchev–Trinajstić information content (AvgIpc) is 2.79. The first-order chi connectivity index (χ1) is 7.75. The highest BCUT2D eigenvalue weighted by Crippen LogP contribution is 2.28. The van der Waals surface area contributed by atoms with Crippen LogP contribution in [0, 0.1) is 5.92 Å². The summed E-state index contributed by atoms with van der Waals surface area (Å²) in [4.78, 5) is 0. The van der Waals surface area contributed by atoms with Crippen LogP contribution >= 0.6 is 15.9 Å². The highest BCUT2D eigenvalue weighted by atomic mass is 79.9. The molecule has 2 nitrogen and oxygen atoms in total. The predicted octanol–water partition coefficient (Wildman–Crippen LogP) is 3.38. The zero-order valence-electron chi connectivity index (χ0n) is 9.23. The molecule has 0 radical (unpaired) electrons. The topological polar surface area (TPSA) is 29.5 Å². The lowest BCUT2D eigenvalue weighted by atomic mass is 10.0. The van der Waals surface area contributed by atoms with Crippen LogP contribution in [0.2, 0.25) is 0 Å². The third-order valence-electron chi connectivity index (χ3n) is 3.16. The monoisotopic (exact) mass is 284 g/mol. The van der Waals surface area contributed by atoms with E-state index in [-0.39, 0.29) is 6.10 Å². The average molecular weight is 285 g/mol. The Kier molecular flexibility index (Phi) is 4.24. The molecule has 0 saturated heterocycles. The Morgan fingerprint density at radius 3 is 2.81 bits per heavy atom. The van der Waals surface area contributed by atoms with Crippen LogP contribution < -0.4 is 4.74 Å². The van der Waals surface area contributed by atoms with Crippen LogP contribution in [0.15, 0.2) is 28.7 Å². The number of halogens is 1. The number of hydrogen-bond donors (Lipinski definition) is 1. The van der Waals surface area contributed by atoms with E-state index < -0.39 is 0 Å². The van der Waals surface area contributed by atoms with Gasteiger partial charge in [0.05, 0.1) is 6.10 Å². The molecule has 0 aromatic heterocycles. The Hall–Kier alpha value is -0.540. The number of hydrogen-bond acceptors (Lipinski definition) is 2. The van der Waals surface area contributed by atoms with Crippen molar-refractivity contribution >= 4 is 15.9 Å². The van der Waals surface area contributed by atoms with Gasteiger partial charge in [-0.15, -0.1) is 0 Å².